The van der Waals surface area contributed by atoms with Gasteiger partial charge in [0.2, 0.25) is 0 Å². The molecular formula is C9H8ClNO4. The average Bonchev–Trinajstić information content (AvgIpc) is 2.10. The van der Waals surface area contributed by atoms with E-state index in [1.807, 2.05) is 0 Å². The number of carboxylic acid groups (broad SMARTS) is 1. The lowest BCUT2D eigenvalue weighted by Gasteiger charge is -2.05. The van der Waals surface area contributed by atoms with Gasteiger partial charge in [0, 0.05) is 5.56 Å². The average molecular weight is 230 g/mol. The first-order chi connectivity index (χ1) is 6.93. The molecule has 1 aromatic rings. The first-order valence-corrected chi connectivity index (χ1v) is 4.45. The van der Waals surface area contributed by atoms with E-state index in [0.717, 1.165) is 0 Å². The number of nitrogens with zero attached hydrogens (tertiary/aromatic N) is 1. The summed E-state index contributed by atoms with van der Waals surface area (Å²) in [6.07, 6.45) is -0.448. The highest BCUT2D eigenvalue weighted by Crippen LogP contribution is 2.30. The Balaban J connectivity index is 3.38. The molecule has 0 atom stereocenters. The molecule has 0 aliphatic rings. The van der Waals surface area contributed by atoms with Gasteiger partial charge in [0.05, 0.1) is 21.9 Å². The Morgan fingerprint density at radius 3 is 2.67 bits per heavy atom. The van der Waals surface area contributed by atoms with Gasteiger partial charge in [0.25, 0.3) is 5.69 Å². The number of rotatable bonds is 3. The smallest absolute Gasteiger partial charge is 0.308 e. The second-order valence-electron chi connectivity index (χ2n) is 3.02. The minimum Gasteiger partial charge on any atom is -0.481 e. The van der Waals surface area contributed by atoms with Gasteiger partial charge >= 0.3 is 5.97 Å². The maximum absolute atomic E-state index is 10.7. The van der Waals surface area contributed by atoms with Crippen molar-refractivity contribution in [3.05, 3.63) is 38.4 Å². The zero-order valence-electron chi connectivity index (χ0n) is 7.86. The highest BCUT2D eigenvalue weighted by atomic mass is 35.5. The van der Waals surface area contributed by atoms with Gasteiger partial charge in [-0.05, 0) is 13.0 Å². The van der Waals surface area contributed by atoms with Crippen molar-refractivity contribution in [2.24, 2.45) is 0 Å². The number of nitro groups is 1. The number of nitro benzene ring substituents is 1. The van der Waals surface area contributed by atoms with Crippen molar-refractivity contribution in [3.8, 4) is 0 Å². The topological polar surface area (TPSA) is 80.4 Å². The Labute approximate surface area is 90.4 Å². The standard InChI is InChI=1S/C9H8ClNO4/c1-5-2-3-7(10)6(4-8(12)13)9(5)11(14)15/h2-3H,4H2,1H3,(H,12,13). The van der Waals surface area contributed by atoms with Crippen molar-refractivity contribution in [3.63, 3.8) is 0 Å². The van der Waals surface area contributed by atoms with Gasteiger partial charge in [0.15, 0.2) is 0 Å². The second-order valence-corrected chi connectivity index (χ2v) is 3.43. The Morgan fingerprint density at radius 2 is 2.20 bits per heavy atom. The van der Waals surface area contributed by atoms with E-state index >= 15 is 0 Å². The fourth-order valence-corrected chi connectivity index (χ4v) is 1.52. The Morgan fingerprint density at radius 1 is 1.60 bits per heavy atom. The summed E-state index contributed by atoms with van der Waals surface area (Å²) in [7, 11) is 0. The van der Waals surface area contributed by atoms with E-state index in [9.17, 15) is 14.9 Å². The first-order valence-electron chi connectivity index (χ1n) is 4.07. The highest BCUT2D eigenvalue weighted by molar-refractivity contribution is 6.31. The van der Waals surface area contributed by atoms with Crippen molar-refractivity contribution in [1.29, 1.82) is 0 Å². The largest absolute Gasteiger partial charge is 0.481 e. The van der Waals surface area contributed by atoms with Crippen LogP contribution in [-0.2, 0) is 11.2 Å². The molecule has 5 nitrogen and oxygen atoms in total. The maximum atomic E-state index is 10.7. The van der Waals surface area contributed by atoms with Gasteiger partial charge in [-0.15, -0.1) is 0 Å². The van der Waals surface area contributed by atoms with E-state index in [2.05, 4.69) is 0 Å². The summed E-state index contributed by atoms with van der Waals surface area (Å²) in [4.78, 5) is 20.6. The number of aryl methyl sites for hydroxylation is 1. The molecule has 0 fully saturated rings. The van der Waals surface area contributed by atoms with Crippen molar-refractivity contribution >= 4 is 23.3 Å². The van der Waals surface area contributed by atoms with Gasteiger partial charge in [-0.2, -0.15) is 0 Å². The van der Waals surface area contributed by atoms with E-state index in [1.54, 1.807) is 6.92 Å². The Kier molecular flexibility index (Phi) is 3.26. The molecule has 1 aromatic carbocycles. The maximum Gasteiger partial charge on any atom is 0.308 e. The first kappa shape index (κ1) is 11.5. The van der Waals surface area contributed by atoms with Gasteiger partial charge in [-0.3, -0.25) is 14.9 Å². The van der Waals surface area contributed by atoms with Crippen molar-refractivity contribution < 1.29 is 14.8 Å². The molecule has 6 heteroatoms. The molecule has 0 amide bonds. The number of aliphatic carboxylic acids is 1. The number of halogens is 1. The van der Waals surface area contributed by atoms with Crippen LogP contribution in [-0.4, -0.2) is 16.0 Å². The number of hydrogen-bond acceptors (Lipinski definition) is 3. The molecule has 0 bridgehead atoms. The lowest BCUT2D eigenvalue weighted by atomic mass is 10.1. The molecule has 1 rings (SSSR count). The molecule has 80 valence electrons. The van der Waals surface area contributed by atoms with Crippen LogP contribution in [0.5, 0.6) is 0 Å². The summed E-state index contributed by atoms with van der Waals surface area (Å²) in [5, 5.41) is 19.4. The number of benzene rings is 1. The quantitative estimate of drug-likeness (QED) is 0.636. The molecule has 0 spiro atoms. The summed E-state index contributed by atoms with van der Waals surface area (Å²) in [5.74, 6) is -1.15. The number of carbonyl (C=O) groups is 1. The Hall–Kier alpha value is -1.62. The summed E-state index contributed by atoms with van der Waals surface area (Å²) in [6, 6.07) is 2.95. The molecule has 0 saturated heterocycles. The molecule has 0 heterocycles. The monoisotopic (exact) mass is 229 g/mol. The molecular weight excluding hydrogens is 222 g/mol. The van der Waals surface area contributed by atoms with Gasteiger partial charge in [-0.25, -0.2) is 0 Å². The molecule has 15 heavy (non-hydrogen) atoms. The fourth-order valence-electron chi connectivity index (χ4n) is 1.30. The van der Waals surface area contributed by atoms with E-state index in [1.165, 1.54) is 12.1 Å². The summed E-state index contributed by atoms with van der Waals surface area (Å²) >= 11 is 5.72. The van der Waals surface area contributed by atoms with E-state index in [4.69, 9.17) is 16.7 Å². The summed E-state index contributed by atoms with van der Waals surface area (Å²) in [6.45, 7) is 1.54. The van der Waals surface area contributed by atoms with Crippen LogP contribution >= 0.6 is 11.6 Å². The zero-order valence-corrected chi connectivity index (χ0v) is 8.61. The molecule has 0 radical (unpaired) electrons. The molecule has 0 saturated carbocycles. The lowest BCUT2D eigenvalue weighted by Crippen LogP contribution is -2.05. The minimum absolute atomic E-state index is 0.0502. The van der Waals surface area contributed by atoms with Crippen LogP contribution in [0.1, 0.15) is 11.1 Å². The van der Waals surface area contributed by atoms with Crippen molar-refractivity contribution in [1.82, 2.24) is 0 Å². The van der Waals surface area contributed by atoms with Gasteiger partial charge < -0.3 is 5.11 Å². The van der Waals surface area contributed by atoms with Crippen molar-refractivity contribution in [2.75, 3.05) is 0 Å². The lowest BCUT2D eigenvalue weighted by molar-refractivity contribution is -0.386. The van der Waals surface area contributed by atoms with Crippen LogP contribution in [0.15, 0.2) is 12.1 Å². The number of carboxylic acids is 1. The van der Waals surface area contributed by atoms with Gasteiger partial charge in [-0.1, -0.05) is 17.7 Å². The SMILES string of the molecule is Cc1ccc(Cl)c(CC(=O)O)c1[N+](=O)[O-]. The molecule has 0 unspecified atom stereocenters. The predicted octanol–water partition coefficient (Wildman–Crippen LogP) is 2.18. The van der Waals surface area contributed by atoms with Crippen LogP contribution in [0.4, 0.5) is 5.69 Å². The van der Waals surface area contributed by atoms with Crippen molar-refractivity contribution in [2.45, 2.75) is 13.3 Å². The normalized spacial score (nSPS) is 10.0. The minimum atomic E-state index is -1.15. The fraction of sp³-hybridized carbons (Fsp3) is 0.222. The third-order valence-corrected chi connectivity index (χ3v) is 2.29. The van der Waals surface area contributed by atoms with Gasteiger partial charge in [0.1, 0.15) is 0 Å². The van der Waals surface area contributed by atoms with E-state index < -0.39 is 17.3 Å². The van der Waals surface area contributed by atoms with Crippen LogP contribution in [0.2, 0.25) is 5.02 Å². The summed E-state index contributed by atoms with van der Waals surface area (Å²) in [5.41, 5.74) is 0.236. The number of hydrogen-bond donors (Lipinski definition) is 1. The molecule has 0 aromatic heterocycles. The molecule has 0 aliphatic heterocycles. The van der Waals surface area contributed by atoms with E-state index in [-0.39, 0.29) is 16.3 Å². The Bertz CT molecular complexity index is 430. The van der Waals surface area contributed by atoms with Crippen LogP contribution in [0, 0.1) is 17.0 Å². The molecule has 1 N–H and O–H groups in total. The predicted molar refractivity (Wildman–Crippen MR) is 54.2 cm³/mol. The zero-order chi connectivity index (χ0) is 11.6. The third-order valence-electron chi connectivity index (χ3n) is 1.94. The van der Waals surface area contributed by atoms with Crippen LogP contribution < -0.4 is 0 Å². The van der Waals surface area contributed by atoms with E-state index in [0.29, 0.717) is 5.56 Å². The second kappa shape index (κ2) is 4.27. The van der Waals surface area contributed by atoms with Crippen LogP contribution in [0.25, 0.3) is 0 Å². The third kappa shape index (κ3) is 2.44. The highest BCUT2D eigenvalue weighted by Gasteiger charge is 2.21. The molecule has 0 aliphatic carbocycles. The van der Waals surface area contributed by atoms with Crippen LogP contribution in [0.3, 0.4) is 0 Å². The summed E-state index contributed by atoms with van der Waals surface area (Å²) < 4.78 is 0.